The lowest BCUT2D eigenvalue weighted by Gasteiger charge is -2.11. The molecule has 0 unspecified atom stereocenters. The zero-order chi connectivity index (χ0) is 11.4. The van der Waals surface area contributed by atoms with E-state index in [0.29, 0.717) is 11.1 Å². The predicted molar refractivity (Wildman–Crippen MR) is 67.7 cm³/mol. The van der Waals surface area contributed by atoms with Crippen molar-refractivity contribution in [3.05, 3.63) is 22.2 Å². The Kier molecular flexibility index (Phi) is 4.87. The van der Waals surface area contributed by atoms with Gasteiger partial charge in [0, 0.05) is 11.3 Å². The van der Waals surface area contributed by atoms with Gasteiger partial charge in [0.2, 0.25) is 0 Å². The molecule has 0 bridgehead atoms. The van der Waals surface area contributed by atoms with Crippen LogP contribution in [0.4, 0.5) is 0 Å². The summed E-state index contributed by atoms with van der Waals surface area (Å²) in [5.41, 5.74) is 2.08. The largest absolute Gasteiger partial charge is 0.237 e. The van der Waals surface area contributed by atoms with E-state index in [2.05, 4.69) is 30.7 Å². The summed E-state index contributed by atoms with van der Waals surface area (Å²) < 4.78 is 0. The Labute approximate surface area is 101 Å². The third kappa shape index (κ3) is 3.35. The standard InChI is InChI=1S/C11H17ClN2S/c1-5-15-6-9-13-8(4)10(7(2)3)11(12)14-9/h7H,5-6H2,1-4H3. The first-order valence-electron chi connectivity index (χ1n) is 5.16. The van der Waals surface area contributed by atoms with Gasteiger partial charge in [-0.3, -0.25) is 0 Å². The van der Waals surface area contributed by atoms with Crippen LogP contribution in [0.3, 0.4) is 0 Å². The quantitative estimate of drug-likeness (QED) is 0.754. The number of rotatable bonds is 4. The fourth-order valence-electron chi connectivity index (χ4n) is 1.52. The smallest absolute Gasteiger partial charge is 0.140 e. The van der Waals surface area contributed by atoms with Crippen LogP contribution in [-0.2, 0) is 5.75 Å². The fraction of sp³-hybridized carbons (Fsp3) is 0.636. The molecule has 4 heteroatoms. The Bertz CT molecular complexity index is 316. The number of nitrogens with zero attached hydrogens (tertiary/aromatic N) is 2. The van der Waals surface area contributed by atoms with Gasteiger partial charge >= 0.3 is 0 Å². The zero-order valence-corrected chi connectivity index (χ0v) is 11.2. The van der Waals surface area contributed by atoms with E-state index in [1.807, 2.05) is 18.7 Å². The molecule has 0 spiro atoms. The molecule has 2 nitrogen and oxygen atoms in total. The molecule has 0 atom stereocenters. The summed E-state index contributed by atoms with van der Waals surface area (Å²) in [6, 6.07) is 0. The van der Waals surface area contributed by atoms with E-state index in [9.17, 15) is 0 Å². The van der Waals surface area contributed by atoms with Crippen LogP contribution in [0.2, 0.25) is 5.15 Å². The Morgan fingerprint density at radius 2 is 2.00 bits per heavy atom. The van der Waals surface area contributed by atoms with Gasteiger partial charge in [-0.1, -0.05) is 32.4 Å². The van der Waals surface area contributed by atoms with Gasteiger partial charge in [-0.2, -0.15) is 11.8 Å². The van der Waals surface area contributed by atoms with Gasteiger partial charge in [-0.05, 0) is 18.6 Å². The first-order valence-corrected chi connectivity index (χ1v) is 6.70. The molecular formula is C11H17ClN2S. The molecule has 1 aromatic heterocycles. The van der Waals surface area contributed by atoms with E-state index in [1.54, 1.807) is 0 Å². The van der Waals surface area contributed by atoms with E-state index < -0.39 is 0 Å². The summed E-state index contributed by atoms with van der Waals surface area (Å²) in [5, 5.41) is 0.615. The van der Waals surface area contributed by atoms with Crippen LogP contribution in [0.1, 0.15) is 43.8 Å². The first-order chi connectivity index (χ1) is 7.06. The molecule has 1 heterocycles. The number of halogens is 1. The third-order valence-electron chi connectivity index (χ3n) is 2.15. The normalized spacial score (nSPS) is 11.1. The number of hydrogen-bond acceptors (Lipinski definition) is 3. The number of aromatic nitrogens is 2. The highest BCUT2D eigenvalue weighted by atomic mass is 35.5. The highest BCUT2D eigenvalue weighted by molar-refractivity contribution is 7.98. The van der Waals surface area contributed by atoms with E-state index in [1.165, 1.54) is 0 Å². The number of aryl methyl sites for hydroxylation is 1. The van der Waals surface area contributed by atoms with Gasteiger partial charge in [0.05, 0.1) is 5.75 Å². The molecular weight excluding hydrogens is 228 g/mol. The van der Waals surface area contributed by atoms with Gasteiger partial charge in [-0.25, -0.2) is 9.97 Å². The van der Waals surface area contributed by atoms with Crippen LogP contribution in [-0.4, -0.2) is 15.7 Å². The Morgan fingerprint density at radius 3 is 2.47 bits per heavy atom. The van der Waals surface area contributed by atoms with Gasteiger partial charge in [0.15, 0.2) is 0 Å². The maximum absolute atomic E-state index is 6.15. The predicted octanol–water partition coefficient (Wildman–Crippen LogP) is 3.81. The summed E-state index contributed by atoms with van der Waals surface area (Å²) in [6.07, 6.45) is 0. The van der Waals surface area contributed by atoms with Crippen molar-refractivity contribution < 1.29 is 0 Å². The summed E-state index contributed by atoms with van der Waals surface area (Å²) in [6.45, 7) is 8.35. The topological polar surface area (TPSA) is 25.8 Å². The molecule has 1 rings (SSSR count). The van der Waals surface area contributed by atoms with Crippen LogP contribution < -0.4 is 0 Å². The summed E-state index contributed by atoms with van der Waals surface area (Å²) >= 11 is 7.96. The molecule has 0 saturated carbocycles. The summed E-state index contributed by atoms with van der Waals surface area (Å²) in [5.74, 6) is 3.14. The van der Waals surface area contributed by atoms with Crippen molar-refractivity contribution in [3.8, 4) is 0 Å². The average Bonchev–Trinajstić information content (AvgIpc) is 2.12. The second kappa shape index (κ2) is 5.71. The maximum Gasteiger partial charge on any atom is 0.140 e. The monoisotopic (exact) mass is 244 g/mol. The Balaban J connectivity index is 2.97. The molecule has 84 valence electrons. The lowest BCUT2D eigenvalue weighted by atomic mass is 10.0. The lowest BCUT2D eigenvalue weighted by Crippen LogP contribution is -2.03. The molecule has 0 radical (unpaired) electrons. The average molecular weight is 245 g/mol. The SMILES string of the molecule is CCSCc1nc(C)c(C(C)C)c(Cl)n1. The molecule has 0 aromatic carbocycles. The molecule has 0 N–H and O–H groups in total. The third-order valence-corrected chi connectivity index (χ3v) is 3.31. The molecule has 15 heavy (non-hydrogen) atoms. The molecule has 0 fully saturated rings. The van der Waals surface area contributed by atoms with Crippen LogP contribution in [0, 0.1) is 6.92 Å². The van der Waals surface area contributed by atoms with E-state index >= 15 is 0 Å². The van der Waals surface area contributed by atoms with Crippen molar-refractivity contribution in [2.75, 3.05) is 5.75 Å². The van der Waals surface area contributed by atoms with E-state index in [0.717, 1.165) is 28.6 Å². The minimum atomic E-state index is 0.380. The molecule has 0 amide bonds. The number of thioether (sulfide) groups is 1. The van der Waals surface area contributed by atoms with Crippen molar-refractivity contribution >= 4 is 23.4 Å². The Morgan fingerprint density at radius 1 is 1.33 bits per heavy atom. The summed E-state index contributed by atoms with van der Waals surface area (Å²) in [7, 11) is 0. The first kappa shape index (κ1) is 12.8. The molecule has 1 aromatic rings. The summed E-state index contributed by atoms with van der Waals surface area (Å²) in [4.78, 5) is 8.80. The number of hydrogen-bond donors (Lipinski definition) is 0. The lowest BCUT2D eigenvalue weighted by molar-refractivity contribution is 0.817. The highest BCUT2D eigenvalue weighted by Crippen LogP contribution is 2.25. The second-order valence-corrected chi connectivity index (χ2v) is 5.35. The van der Waals surface area contributed by atoms with Gasteiger partial charge in [0.1, 0.15) is 11.0 Å². The molecule has 0 aliphatic heterocycles. The highest BCUT2D eigenvalue weighted by Gasteiger charge is 2.12. The second-order valence-electron chi connectivity index (χ2n) is 3.72. The van der Waals surface area contributed by atoms with Crippen molar-refractivity contribution in [1.29, 1.82) is 0 Å². The van der Waals surface area contributed by atoms with E-state index in [4.69, 9.17) is 11.6 Å². The minimum absolute atomic E-state index is 0.380. The van der Waals surface area contributed by atoms with Gasteiger partial charge in [0.25, 0.3) is 0 Å². The fourth-order valence-corrected chi connectivity index (χ4v) is 2.48. The van der Waals surface area contributed by atoms with Crippen LogP contribution >= 0.6 is 23.4 Å². The van der Waals surface area contributed by atoms with Crippen molar-refractivity contribution in [2.24, 2.45) is 0 Å². The molecule has 0 aliphatic rings. The van der Waals surface area contributed by atoms with Gasteiger partial charge < -0.3 is 0 Å². The van der Waals surface area contributed by atoms with Crippen molar-refractivity contribution in [3.63, 3.8) is 0 Å². The molecule has 0 saturated heterocycles. The van der Waals surface area contributed by atoms with Crippen molar-refractivity contribution in [1.82, 2.24) is 9.97 Å². The molecule has 0 aliphatic carbocycles. The van der Waals surface area contributed by atoms with Crippen LogP contribution in [0.15, 0.2) is 0 Å². The van der Waals surface area contributed by atoms with Gasteiger partial charge in [-0.15, -0.1) is 0 Å². The van der Waals surface area contributed by atoms with Crippen LogP contribution in [0.5, 0.6) is 0 Å². The Hall–Kier alpha value is -0.280. The zero-order valence-electron chi connectivity index (χ0n) is 9.67. The maximum atomic E-state index is 6.15. The van der Waals surface area contributed by atoms with Crippen LogP contribution in [0.25, 0.3) is 0 Å². The van der Waals surface area contributed by atoms with Crippen molar-refractivity contribution in [2.45, 2.75) is 39.4 Å². The minimum Gasteiger partial charge on any atom is -0.237 e. The van der Waals surface area contributed by atoms with E-state index in [-0.39, 0.29) is 0 Å².